The largest absolute Gasteiger partial charge is 0.379 e. The zero-order valence-electron chi connectivity index (χ0n) is 11.9. The van der Waals surface area contributed by atoms with Crippen LogP contribution in [0.15, 0.2) is 53.4 Å². The number of aryl methyl sites for hydroxylation is 1. The van der Waals surface area contributed by atoms with E-state index in [9.17, 15) is 18.5 Å². The fraction of sp³-hybridized carbons (Fsp3) is 0.200. The minimum atomic E-state index is -3.95. The fourth-order valence-corrected chi connectivity index (χ4v) is 2.84. The quantitative estimate of drug-likeness (QED) is 0.463. The van der Waals surface area contributed by atoms with E-state index in [-0.39, 0.29) is 16.3 Å². The van der Waals surface area contributed by atoms with Gasteiger partial charge in [0, 0.05) is 12.1 Å². The van der Waals surface area contributed by atoms with Gasteiger partial charge in [-0.25, -0.2) is 0 Å². The van der Waals surface area contributed by atoms with E-state index in [1.807, 2.05) is 6.92 Å². The molecule has 0 aliphatic rings. The summed E-state index contributed by atoms with van der Waals surface area (Å²) >= 11 is 0. The normalized spacial score (nSPS) is 11.1. The van der Waals surface area contributed by atoms with Crippen molar-refractivity contribution >= 4 is 15.8 Å². The summed E-state index contributed by atoms with van der Waals surface area (Å²) in [5.41, 5.74) is 0.922. The zero-order valence-corrected chi connectivity index (χ0v) is 12.7. The van der Waals surface area contributed by atoms with Crippen molar-refractivity contribution in [3.05, 3.63) is 64.2 Å². The Morgan fingerprint density at radius 3 is 2.14 bits per heavy atom. The lowest BCUT2D eigenvalue weighted by Gasteiger charge is -2.07. The van der Waals surface area contributed by atoms with Crippen molar-refractivity contribution < 1.29 is 17.5 Å². The number of hydrogen-bond donors (Lipinski definition) is 0. The average Bonchev–Trinajstić information content (AvgIpc) is 2.48. The highest BCUT2D eigenvalue weighted by Gasteiger charge is 2.17. The number of hydrogen-bond acceptors (Lipinski definition) is 5. The molecule has 0 bridgehead atoms. The number of nitro benzene ring substituents is 1. The first kappa shape index (κ1) is 16.0. The van der Waals surface area contributed by atoms with Gasteiger partial charge in [-0.05, 0) is 36.2 Å². The van der Waals surface area contributed by atoms with Crippen LogP contribution < -0.4 is 4.18 Å². The van der Waals surface area contributed by atoms with Crippen molar-refractivity contribution in [3.63, 3.8) is 0 Å². The van der Waals surface area contributed by atoms with Gasteiger partial charge in [0.25, 0.3) is 5.69 Å². The van der Waals surface area contributed by atoms with E-state index >= 15 is 0 Å². The molecule has 2 rings (SSSR count). The molecule has 0 aliphatic carbocycles. The molecule has 0 aromatic heterocycles. The molecule has 0 saturated heterocycles. The summed E-state index contributed by atoms with van der Waals surface area (Å²) in [6.45, 7) is 2.04. The van der Waals surface area contributed by atoms with Gasteiger partial charge in [0.2, 0.25) is 0 Å². The molecule has 0 saturated carbocycles. The van der Waals surface area contributed by atoms with Gasteiger partial charge in [-0.15, -0.1) is 0 Å². The summed E-state index contributed by atoms with van der Waals surface area (Å²) < 4.78 is 29.2. The molecule has 0 heterocycles. The maximum Gasteiger partial charge on any atom is 0.339 e. The van der Waals surface area contributed by atoms with Crippen molar-refractivity contribution in [1.29, 1.82) is 0 Å². The molecule has 7 heteroatoms. The number of benzene rings is 2. The number of nitro groups is 1. The molecule has 0 atom stereocenters. The van der Waals surface area contributed by atoms with E-state index in [4.69, 9.17) is 4.18 Å². The van der Waals surface area contributed by atoms with Crippen molar-refractivity contribution in [2.24, 2.45) is 0 Å². The first-order chi connectivity index (χ1) is 10.4. The molecule has 0 amide bonds. The van der Waals surface area contributed by atoms with Gasteiger partial charge in [0.1, 0.15) is 10.6 Å². The second-order valence-electron chi connectivity index (χ2n) is 4.68. The summed E-state index contributed by atoms with van der Waals surface area (Å²) in [4.78, 5) is 10.0. The maximum atomic E-state index is 12.1. The lowest BCUT2D eigenvalue weighted by Crippen LogP contribution is -2.09. The number of non-ortho nitro benzene ring substituents is 1. The standard InChI is InChI=1S/C15H15NO5S/c1-2-3-12-4-10-15(11-5-12)22(19,20)21-14-8-6-13(7-9-14)16(17)18/h4-11H,2-3H2,1H3. The monoisotopic (exact) mass is 321 g/mol. The van der Waals surface area contributed by atoms with E-state index in [1.165, 1.54) is 36.4 Å². The molecule has 0 fully saturated rings. The van der Waals surface area contributed by atoms with Crippen LogP contribution in [-0.2, 0) is 16.5 Å². The SMILES string of the molecule is CCCc1ccc(S(=O)(=O)Oc2ccc([N+](=O)[O-])cc2)cc1. The van der Waals surface area contributed by atoms with Gasteiger partial charge >= 0.3 is 10.1 Å². The first-order valence-electron chi connectivity index (χ1n) is 6.70. The number of nitrogens with zero attached hydrogens (tertiary/aromatic N) is 1. The second-order valence-corrected chi connectivity index (χ2v) is 6.23. The Kier molecular flexibility index (Phi) is 4.77. The summed E-state index contributed by atoms with van der Waals surface area (Å²) in [6.07, 6.45) is 1.86. The van der Waals surface area contributed by atoms with E-state index in [0.29, 0.717) is 0 Å². The minimum Gasteiger partial charge on any atom is -0.379 e. The predicted molar refractivity (Wildman–Crippen MR) is 81.3 cm³/mol. The summed E-state index contributed by atoms with van der Waals surface area (Å²) in [5.74, 6) is 0.0308. The van der Waals surface area contributed by atoms with E-state index in [2.05, 4.69) is 0 Å². The predicted octanol–water partition coefficient (Wildman–Crippen LogP) is 3.32. The highest BCUT2D eigenvalue weighted by atomic mass is 32.2. The van der Waals surface area contributed by atoms with E-state index in [1.54, 1.807) is 12.1 Å². The van der Waals surface area contributed by atoms with Crippen molar-refractivity contribution in [3.8, 4) is 5.75 Å². The fourth-order valence-electron chi connectivity index (χ4n) is 1.91. The van der Waals surface area contributed by atoms with Crippen LogP contribution in [0.1, 0.15) is 18.9 Å². The van der Waals surface area contributed by atoms with Crippen LogP contribution in [0.3, 0.4) is 0 Å². The van der Waals surface area contributed by atoms with Gasteiger partial charge in [-0.1, -0.05) is 25.5 Å². The van der Waals surface area contributed by atoms with Gasteiger partial charge in [0.05, 0.1) is 4.92 Å². The van der Waals surface area contributed by atoms with Crippen LogP contribution in [-0.4, -0.2) is 13.3 Å². The summed E-state index contributed by atoms with van der Waals surface area (Å²) in [6, 6.07) is 11.4. The molecule has 0 aliphatic heterocycles. The Morgan fingerprint density at radius 1 is 1.05 bits per heavy atom. The van der Waals surface area contributed by atoms with Crippen molar-refractivity contribution in [1.82, 2.24) is 0 Å². The topological polar surface area (TPSA) is 86.5 Å². The van der Waals surface area contributed by atoms with E-state index in [0.717, 1.165) is 18.4 Å². The van der Waals surface area contributed by atoms with Crippen molar-refractivity contribution in [2.45, 2.75) is 24.7 Å². The third kappa shape index (κ3) is 3.82. The molecule has 0 radical (unpaired) electrons. The Bertz CT molecular complexity index is 752. The van der Waals surface area contributed by atoms with Crippen LogP contribution in [0, 0.1) is 10.1 Å². The molecule has 22 heavy (non-hydrogen) atoms. The van der Waals surface area contributed by atoms with Crippen LogP contribution in [0.25, 0.3) is 0 Å². The molecule has 2 aromatic rings. The third-order valence-electron chi connectivity index (χ3n) is 3.00. The molecular formula is C15H15NO5S. The molecule has 6 nitrogen and oxygen atoms in total. The molecule has 0 spiro atoms. The van der Waals surface area contributed by atoms with Crippen molar-refractivity contribution in [2.75, 3.05) is 0 Å². The van der Waals surface area contributed by atoms with Gasteiger partial charge in [-0.3, -0.25) is 10.1 Å². The molecule has 0 N–H and O–H groups in total. The summed E-state index contributed by atoms with van der Waals surface area (Å²) in [7, 11) is -3.95. The molecule has 116 valence electrons. The zero-order chi connectivity index (χ0) is 16.2. The maximum absolute atomic E-state index is 12.1. The van der Waals surface area contributed by atoms with Crippen LogP contribution in [0.4, 0.5) is 5.69 Å². The Balaban J connectivity index is 2.18. The molecule has 2 aromatic carbocycles. The Labute approximate surface area is 128 Å². The lowest BCUT2D eigenvalue weighted by molar-refractivity contribution is -0.384. The molecular weight excluding hydrogens is 306 g/mol. The highest BCUT2D eigenvalue weighted by Crippen LogP contribution is 2.22. The summed E-state index contributed by atoms with van der Waals surface area (Å²) in [5, 5.41) is 10.6. The minimum absolute atomic E-state index is 0.0308. The van der Waals surface area contributed by atoms with Gasteiger partial charge in [0.15, 0.2) is 0 Å². The van der Waals surface area contributed by atoms with Crippen LogP contribution in [0.5, 0.6) is 5.75 Å². The van der Waals surface area contributed by atoms with Crippen LogP contribution >= 0.6 is 0 Å². The Morgan fingerprint density at radius 2 is 1.64 bits per heavy atom. The van der Waals surface area contributed by atoms with Gasteiger partial charge in [-0.2, -0.15) is 8.42 Å². The smallest absolute Gasteiger partial charge is 0.339 e. The Hall–Kier alpha value is -2.41. The average molecular weight is 321 g/mol. The van der Waals surface area contributed by atoms with E-state index < -0.39 is 15.0 Å². The first-order valence-corrected chi connectivity index (χ1v) is 8.11. The second kappa shape index (κ2) is 6.57. The highest BCUT2D eigenvalue weighted by molar-refractivity contribution is 7.87. The molecule has 0 unspecified atom stereocenters. The van der Waals surface area contributed by atoms with Gasteiger partial charge < -0.3 is 4.18 Å². The number of rotatable bonds is 6. The lowest BCUT2D eigenvalue weighted by atomic mass is 10.1. The van der Waals surface area contributed by atoms with Crippen LogP contribution in [0.2, 0.25) is 0 Å². The third-order valence-corrected chi connectivity index (χ3v) is 4.27.